The fourth-order valence-corrected chi connectivity index (χ4v) is 9.06. The molecule has 66 heavy (non-hydrogen) atoms. The van der Waals surface area contributed by atoms with Gasteiger partial charge in [0.25, 0.3) is 0 Å². The lowest BCUT2D eigenvalue weighted by atomic mass is 9.91. The lowest BCUT2D eigenvalue weighted by Gasteiger charge is -2.25. The molecule has 0 spiro atoms. The maximum Gasteiger partial charge on any atom is 0.0227 e. The minimum absolute atomic E-state index is 0.880. The molecule has 0 amide bonds. The van der Waals surface area contributed by atoms with E-state index in [1.165, 1.54) is 77.9 Å². The summed E-state index contributed by atoms with van der Waals surface area (Å²) in [6, 6.07) is 57.8. The van der Waals surface area contributed by atoms with Crippen molar-refractivity contribution >= 4 is 0 Å². The predicted octanol–water partition coefficient (Wildman–Crippen LogP) is 11.7. The minimum atomic E-state index is 0.880. The van der Waals surface area contributed by atoms with Gasteiger partial charge in [-0.1, -0.05) is 90.0 Å². The number of benzene rings is 7. The van der Waals surface area contributed by atoms with Crippen LogP contribution in [-0.4, -0.2) is 114 Å². The third-order valence-electron chi connectivity index (χ3n) is 11.6. The van der Waals surface area contributed by atoms with Gasteiger partial charge in [0.15, 0.2) is 0 Å². The molecule has 0 atom stereocenters. The summed E-state index contributed by atoms with van der Waals surface area (Å²) in [6.07, 6.45) is 0. The first-order chi connectivity index (χ1) is 31.5. The summed E-state index contributed by atoms with van der Waals surface area (Å²) < 4.78 is 0. The number of rotatable bonds is 18. The van der Waals surface area contributed by atoms with E-state index in [2.05, 4.69) is 260 Å². The zero-order chi connectivity index (χ0) is 47.1. The van der Waals surface area contributed by atoms with Crippen LogP contribution in [-0.2, 0) is 39.3 Å². The van der Waals surface area contributed by atoms with E-state index in [1.807, 2.05) is 0 Å². The van der Waals surface area contributed by atoms with Gasteiger partial charge >= 0.3 is 0 Å². The molecule has 0 saturated carbocycles. The molecular formula is C60H70N6-2. The molecule has 0 heterocycles. The van der Waals surface area contributed by atoms with E-state index >= 15 is 0 Å². The highest BCUT2D eigenvalue weighted by Crippen LogP contribution is 2.36. The summed E-state index contributed by atoms with van der Waals surface area (Å²) in [5.41, 5.74) is 21.9. The van der Waals surface area contributed by atoms with E-state index in [9.17, 15) is 0 Å². The topological polar surface area (TPSA) is 19.4 Å². The monoisotopic (exact) mass is 875 g/mol. The van der Waals surface area contributed by atoms with Crippen molar-refractivity contribution in [1.29, 1.82) is 0 Å². The normalized spacial score (nSPS) is 11.9. The second-order valence-corrected chi connectivity index (χ2v) is 19.9. The van der Waals surface area contributed by atoms with Crippen molar-refractivity contribution in [2.75, 3.05) is 84.6 Å². The van der Waals surface area contributed by atoms with Crippen LogP contribution in [0, 0.1) is 12.1 Å². The molecule has 0 fully saturated rings. The third kappa shape index (κ3) is 13.2. The molecule has 0 radical (unpaired) electrons. The van der Waals surface area contributed by atoms with Crippen LogP contribution in [0.1, 0.15) is 33.4 Å². The molecule has 0 aliphatic heterocycles. The van der Waals surface area contributed by atoms with Crippen molar-refractivity contribution in [1.82, 2.24) is 29.4 Å². The smallest absolute Gasteiger partial charge is 0.0227 e. The third-order valence-corrected chi connectivity index (χ3v) is 11.6. The Morgan fingerprint density at radius 2 is 0.455 bits per heavy atom. The van der Waals surface area contributed by atoms with Crippen molar-refractivity contribution < 1.29 is 0 Å². The molecule has 0 aliphatic carbocycles. The van der Waals surface area contributed by atoms with Crippen LogP contribution in [0.3, 0.4) is 0 Å². The van der Waals surface area contributed by atoms with Crippen LogP contribution < -0.4 is 0 Å². The van der Waals surface area contributed by atoms with Gasteiger partial charge in [0.2, 0.25) is 0 Å². The van der Waals surface area contributed by atoms with Gasteiger partial charge < -0.3 is 29.4 Å². The summed E-state index contributed by atoms with van der Waals surface area (Å²) in [4.78, 5) is 13.4. The zero-order valence-corrected chi connectivity index (χ0v) is 41.6. The summed E-state index contributed by atoms with van der Waals surface area (Å²) in [6.45, 7) is 5.37. The summed E-state index contributed by atoms with van der Waals surface area (Å²) in [7, 11) is 25.6. The predicted molar refractivity (Wildman–Crippen MR) is 281 cm³/mol. The molecule has 7 aromatic rings. The Morgan fingerprint density at radius 1 is 0.242 bits per heavy atom. The van der Waals surface area contributed by atoms with Crippen LogP contribution >= 0.6 is 0 Å². The Balaban J connectivity index is 1.28. The summed E-state index contributed by atoms with van der Waals surface area (Å²) >= 11 is 0. The maximum absolute atomic E-state index is 3.65. The van der Waals surface area contributed by atoms with Gasteiger partial charge in [-0.15, -0.1) is 17.7 Å². The number of nitrogens with zero attached hydrogens (tertiary/aromatic N) is 6. The molecule has 342 valence electrons. The lowest BCUT2D eigenvalue weighted by Crippen LogP contribution is -2.13. The second-order valence-electron chi connectivity index (χ2n) is 19.9. The first kappa shape index (κ1) is 48.2. The lowest BCUT2D eigenvalue weighted by molar-refractivity contribution is 0.395. The first-order valence-electron chi connectivity index (χ1n) is 23.1. The zero-order valence-electron chi connectivity index (χ0n) is 41.6. The molecule has 0 saturated heterocycles. The van der Waals surface area contributed by atoms with E-state index in [0.717, 1.165) is 61.5 Å². The average molecular weight is 875 g/mol. The number of hydrogen-bond donors (Lipinski definition) is 0. The van der Waals surface area contributed by atoms with Gasteiger partial charge in [0.05, 0.1) is 0 Å². The van der Waals surface area contributed by atoms with E-state index in [1.54, 1.807) is 0 Å². The van der Waals surface area contributed by atoms with Crippen molar-refractivity contribution in [2.45, 2.75) is 39.3 Å². The van der Waals surface area contributed by atoms with Gasteiger partial charge in [-0.25, -0.2) is 12.1 Å². The fraction of sp³-hybridized carbons (Fsp3) is 0.300. The molecule has 0 bridgehead atoms. The average Bonchev–Trinajstić information content (AvgIpc) is 3.25. The highest BCUT2D eigenvalue weighted by Gasteiger charge is 2.11. The molecule has 6 nitrogen and oxygen atoms in total. The Bertz CT molecular complexity index is 2300. The van der Waals surface area contributed by atoms with E-state index < -0.39 is 0 Å². The standard InChI is InChI=1S/C60H70N6/c1-61(2)37-43-25-44(38-62(3)4)29-55(28-43)49-13-19-52(20-14-49)58-34-59(53-21-15-50(16-22-53)56-30-45(39-63(5)6)26-46(31-56)40-64(7)8)36-60(35-58)54-23-17-51(18-24-54)57-32-47(41-65(9)10)27-48(33-57)42-66(11)12/h13-16,19-36H,37-42H2,1-12H3/q-2. The van der Waals surface area contributed by atoms with Crippen molar-refractivity contribution in [3.05, 3.63) is 179 Å². The van der Waals surface area contributed by atoms with Crippen LogP contribution in [0.2, 0.25) is 0 Å². The van der Waals surface area contributed by atoms with Gasteiger partial charge in [-0.05, 0) is 182 Å². The largest absolute Gasteiger partial charge is 0.305 e. The summed E-state index contributed by atoms with van der Waals surface area (Å²) in [5.74, 6) is 0. The Labute approximate surface area is 397 Å². The minimum Gasteiger partial charge on any atom is -0.305 e. The first-order valence-corrected chi connectivity index (χ1v) is 23.1. The van der Waals surface area contributed by atoms with Crippen LogP contribution in [0.5, 0.6) is 0 Å². The molecule has 0 N–H and O–H groups in total. The number of hydrogen-bond acceptors (Lipinski definition) is 6. The van der Waals surface area contributed by atoms with E-state index in [4.69, 9.17) is 0 Å². The molecule has 7 aromatic carbocycles. The molecule has 0 aliphatic rings. The van der Waals surface area contributed by atoms with E-state index in [-0.39, 0.29) is 0 Å². The van der Waals surface area contributed by atoms with Gasteiger partial charge in [0.1, 0.15) is 0 Å². The highest BCUT2D eigenvalue weighted by molar-refractivity contribution is 5.83. The van der Waals surface area contributed by atoms with Gasteiger partial charge in [0, 0.05) is 39.3 Å². The van der Waals surface area contributed by atoms with Crippen LogP contribution in [0.4, 0.5) is 0 Å². The molecule has 7 rings (SSSR count). The van der Waals surface area contributed by atoms with Crippen molar-refractivity contribution in [2.24, 2.45) is 0 Å². The maximum atomic E-state index is 3.65. The Hall–Kier alpha value is -5.70. The SMILES string of the molecule is CN(C)Cc1cc(CN(C)C)cc(-c2[c-]cc(-c3cc(-c4ccc(-c5cc(CN(C)C)cc(CN(C)C)c5)cc4)cc(-c4ccc(-c5cc(CN(C)C)cc(CN(C)C)c5)cc4)c3)c[c-]2)c1. The van der Waals surface area contributed by atoms with Crippen LogP contribution in [0.25, 0.3) is 66.8 Å². The van der Waals surface area contributed by atoms with Crippen LogP contribution in [0.15, 0.2) is 133 Å². The van der Waals surface area contributed by atoms with Gasteiger partial charge in [-0.3, -0.25) is 17.7 Å². The molecule has 6 heteroatoms. The van der Waals surface area contributed by atoms with Crippen molar-refractivity contribution in [3.63, 3.8) is 0 Å². The molecule has 0 unspecified atom stereocenters. The quantitative estimate of drug-likeness (QED) is 0.0795. The Kier molecular flexibility index (Phi) is 15.9. The molecule has 0 aromatic heterocycles. The molecular weight excluding hydrogens is 805 g/mol. The Morgan fingerprint density at radius 3 is 0.697 bits per heavy atom. The fourth-order valence-electron chi connectivity index (χ4n) is 9.06. The van der Waals surface area contributed by atoms with Gasteiger partial charge in [-0.2, -0.15) is 11.1 Å². The van der Waals surface area contributed by atoms with Crippen molar-refractivity contribution in [3.8, 4) is 66.8 Å². The van der Waals surface area contributed by atoms with E-state index in [0.29, 0.717) is 0 Å². The summed E-state index contributed by atoms with van der Waals surface area (Å²) in [5, 5.41) is 0. The second kappa shape index (κ2) is 21.7. The highest BCUT2D eigenvalue weighted by atomic mass is 15.1.